The Hall–Kier alpha value is -2.37. The van der Waals surface area contributed by atoms with Crippen LogP contribution >= 0.6 is 0 Å². The van der Waals surface area contributed by atoms with Gasteiger partial charge in [0.1, 0.15) is 0 Å². The molecule has 2 amide bonds. The summed E-state index contributed by atoms with van der Waals surface area (Å²) in [5.41, 5.74) is 0.893. The normalized spacial score (nSPS) is 14.6. The fourth-order valence-electron chi connectivity index (χ4n) is 1.54. The number of nitrogens with one attached hydrogen (secondary N) is 1. The van der Waals surface area contributed by atoms with Crippen LogP contribution in [0.3, 0.4) is 0 Å². The van der Waals surface area contributed by atoms with Gasteiger partial charge in [0.25, 0.3) is 5.69 Å². The summed E-state index contributed by atoms with van der Waals surface area (Å²) < 4.78 is 0. The third-order valence-corrected chi connectivity index (χ3v) is 2.42. The molecular formula is C11H11N3O3. The van der Waals surface area contributed by atoms with Gasteiger partial charge in [0.15, 0.2) is 0 Å². The number of non-ortho nitro benzene ring substituents is 1. The van der Waals surface area contributed by atoms with E-state index in [9.17, 15) is 14.9 Å². The Morgan fingerprint density at radius 3 is 2.65 bits per heavy atom. The van der Waals surface area contributed by atoms with E-state index in [1.165, 1.54) is 17.0 Å². The first-order valence-corrected chi connectivity index (χ1v) is 5.11. The minimum atomic E-state index is -0.447. The van der Waals surface area contributed by atoms with E-state index in [4.69, 9.17) is 0 Å². The van der Waals surface area contributed by atoms with Gasteiger partial charge in [-0.3, -0.25) is 15.0 Å². The topological polar surface area (TPSA) is 75.5 Å². The molecule has 0 radical (unpaired) electrons. The van der Waals surface area contributed by atoms with Crippen molar-refractivity contribution >= 4 is 11.7 Å². The van der Waals surface area contributed by atoms with Crippen LogP contribution in [0.25, 0.3) is 0 Å². The highest BCUT2D eigenvalue weighted by Crippen LogP contribution is 2.14. The van der Waals surface area contributed by atoms with Crippen molar-refractivity contribution in [2.24, 2.45) is 0 Å². The van der Waals surface area contributed by atoms with E-state index in [0.717, 1.165) is 5.56 Å². The second kappa shape index (κ2) is 4.65. The molecule has 1 aliphatic rings. The summed E-state index contributed by atoms with van der Waals surface area (Å²) in [5.74, 6) is 0. The number of nitro groups is 1. The number of nitro benzene ring substituents is 1. The maximum Gasteiger partial charge on any atom is 0.321 e. The highest BCUT2D eigenvalue weighted by Gasteiger charge is 2.13. The molecule has 0 saturated heterocycles. The Balaban J connectivity index is 2.08. The second-order valence-corrected chi connectivity index (χ2v) is 3.62. The van der Waals surface area contributed by atoms with E-state index in [1.807, 2.05) is 6.08 Å². The summed E-state index contributed by atoms with van der Waals surface area (Å²) in [4.78, 5) is 23.0. The van der Waals surface area contributed by atoms with Crippen molar-refractivity contribution in [1.82, 2.24) is 10.2 Å². The first kappa shape index (κ1) is 11.1. The summed E-state index contributed by atoms with van der Waals surface area (Å²) >= 11 is 0. The molecule has 0 spiro atoms. The third kappa shape index (κ3) is 2.60. The van der Waals surface area contributed by atoms with Crippen LogP contribution in [0.15, 0.2) is 36.5 Å². The molecule has 0 unspecified atom stereocenters. The zero-order valence-corrected chi connectivity index (χ0v) is 9.00. The van der Waals surface area contributed by atoms with Crippen LogP contribution in [0.1, 0.15) is 5.56 Å². The maximum absolute atomic E-state index is 11.4. The molecule has 0 aromatic heterocycles. The Kier molecular flexibility index (Phi) is 3.04. The molecule has 6 nitrogen and oxygen atoms in total. The average Bonchev–Trinajstić information content (AvgIpc) is 2.33. The quantitative estimate of drug-likeness (QED) is 0.636. The van der Waals surface area contributed by atoms with E-state index in [0.29, 0.717) is 13.1 Å². The maximum atomic E-state index is 11.4. The van der Waals surface area contributed by atoms with Crippen LogP contribution in [0, 0.1) is 10.1 Å². The molecule has 6 heteroatoms. The molecule has 1 heterocycles. The van der Waals surface area contributed by atoms with Crippen molar-refractivity contribution < 1.29 is 9.72 Å². The second-order valence-electron chi connectivity index (χ2n) is 3.62. The first-order valence-electron chi connectivity index (χ1n) is 5.11. The number of hydrogen-bond donors (Lipinski definition) is 1. The Bertz CT molecular complexity index is 467. The average molecular weight is 233 g/mol. The number of nitrogens with zero attached hydrogens (tertiary/aromatic N) is 2. The summed E-state index contributed by atoms with van der Waals surface area (Å²) in [6, 6.07) is 6.00. The zero-order chi connectivity index (χ0) is 12.3. The lowest BCUT2D eigenvalue weighted by atomic mass is 10.2. The Morgan fingerprint density at radius 2 is 2.06 bits per heavy atom. The minimum Gasteiger partial charge on any atom is -0.334 e. The van der Waals surface area contributed by atoms with Crippen LogP contribution in [0.4, 0.5) is 10.5 Å². The molecule has 1 aromatic carbocycles. The summed E-state index contributed by atoms with van der Waals surface area (Å²) in [6.45, 7) is 0.940. The van der Waals surface area contributed by atoms with Crippen molar-refractivity contribution in [3.63, 3.8) is 0 Å². The van der Waals surface area contributed by atoms with Crippen molar-refractivity contribution in [2.75, 3.05) is 6.54 Å². The van der Waals surface area contributed by atoms with Gasteiger partial charge in [-0.1, -0.05) is 12.1 Å². The molecular weight excluding hydrogens is 222 g/mol. The van der Waals surface area contributed by atoms with E-state index in [1.54, 1.807) is 18.3 Å². The monoisotopic (exact) mass is 233 g/mol. The Morgan fingerprint density at radius 1 is 1.35 bits per heavy atom. The fourth-order valence-corrected chi connectivity index (χ4v) is 1.54. The molecule has 0 aliphatic carbocycles. The van der Waals surface area contributed by atoms with Gasteiger partial charge in [0.2, 0.25) is 0 Å². The van der Waals surface area contributed by atoms with Crippen LogP contribution < -0.4 is 5.32 Å². The number of urea groups is 1. The largest absolute Gasteiger partial charge is 0.334 e. The molecule has 1 aliphatic heterocycles. The molecule has 0 bridgehead atoms. The number of carbonyl (C=O) groups excluding carboxylic acids is 1. The first-order chi connectivity index (χ1) is 8.16. The number of amides is 2. The van der Waals surface area contributed by atoms with E-state index < -0.39 is 4.92 Å². The van der Waals surface area contributed by atoms with Gasteiger partial charge < -0.3 is 5.32 Å². The Labute approximate surface area is 97.7 Å². The van der Waals surface area contributed by atoms with Gasteiger partial charge in [-0.25, -0.2) is 4.79 Å². The van der Waals surface area contributed by atoms with E-state index in [-0.39, 0.29) is 11.7 Å². The number of hydrogen-bond acceptors (Lipinski definition) is 3. The van der Waals surface area contributed by atoms with Crippen molar-refractivity contribution in [2.45, 2.75) is 6.54 Å². The van der Waals surface area contributed by atoms with Gasteiger partial charge in [0.05, 0.1) is 11.5 Å². The van der Waals surface area contributed by atoms with Crippen molar-refractivity contribution in [1.29, 1.82) is 0 Å². The van der Waals surface area contributed by atoms with Crippen LogP contribution in [0.2, 0.25) is 0 Å². The third-order valence-electron chi connectivity index (χ3n) is 2.42. The van der Waals surface area contributed by atoms with Gasteiger partial charge in [-0.15, -0.1) is 0 Å². The summed E-state index contributed by atoms with van der Waals surface area (Å²) in [5, 5.41) is 13.1. The lowest BCUT2D eigenvalue weighted by Crippen LogP contribution is -2.39. The molecule has 17 heavy (non-hydrogen) atoms. The van der Waals surface area contributed by atoms with Crippen LogP contribution in [0.5, 0.6) is 0 Å². The fraction of sp³-hybridized carbons (Fsp3) is 0.182. The van der Waals surface area contributed by atoms with Crippen LogP contribution in [-0.4, -0.2) is 22.4 Å². The number of rotatable bonds is 3. The highest BCUT2D eigenvalue weighted by atomic mass is 16.6. The number of benzene rings is 1. The minimum absolute atomic E-state index is 0.0485. The van der Waals surface area contributed by atoms with Crippen molar-refractivity contribution in [3.05, 3.63) is 52.2 Å². The number of carbonyl (C=O) groups is 1. The molecule has 1 N–H and O–H groups in total. The highest BCUT2D eigenvalue weighted by molar-refractivity contribution is 5.76. The van der Waals surface area contributed by atoms with Gasteiger partial charge in [0, 0.05) is 24.9 Å². The molecule has 0 saturated carbocycles. The van der Waals surface area contributed by atoms with Gasteiger partial charge >= 0.3 is 6.03 Å². The van der Waals surface area contributed by atoms with E-state index in [2.05, 4.69) is 5.32 Å². The molecule has 2 rings (SSSR count). The van der Waals surface area contributed by atoms with Crippen LogP contribution in [-0.2, 0) is 6.54 Å². The van der Waals surface area contributed by atoms with Crippen molar-refractivity contribution in [3.8, 4) is 0 Å². The zero-order valence-electron chi connectivity index (χ0n) is 9.00. The van der Waals surface area contributed by atoms with Gasteiger partial charge in [-0.05, 0) is 11.6 Å². The molecule has 0 fully saturated rings. The smallest absolute Gasteiger partial charge is 0.321 e. The lowest BCUT2D eigenvalue weighted by molar-refractivity contribution is -0.384. The lowest BCUT2D eigenvalue weighted by Gasteiger charge is -2.22. The predicted octanol–water partition coefficient (Wildman–Crippen LogP) is 1.63. The molecule has 88 valence electrons. The van der Waals surface area contributed by atoms with E-state index >= 15 is 0 Å². The predicted molar refractivity (Wildman–Crippen MR) is 61.2 cm³/mol. The van der Waals surface area contributed by atoms with Gasteiger partial charge in [-0.2, -0.15) is 0 Å². The molecule has 1 aromatic rings. The summed E-state index contributed by atoms with van der Waals surface area (Å²) in [6.07, 6.45) is 3.55. The molecule has 0 atom stereocenters. The SMILES string of the molecule is O=C1NCC=CN1Cc1ccc([N+](=O)[O-])cc1. The summed E-state index contributed by atoms with van der Waals surface area (Å²) in [7, 11) is 0. The standard InChI is InChI=1S/C11H11N3O3/c15-11-12-6-1-7-13(11)8-9-2-4-10(5-3-9)14(16)17/h1-5,7H,6,8H2,(H,12,15).